The van der Waals surface area contributed by atoms with Crippen LogP contribution < -0.4 is 15.2 Å². The van der Waals surface area contributed by atoms with E-state index in [2.05, 4.69) is 15.5 Å². The fraction of sp³-hybridized carbons (Fsp3) is 0.364. The Morgan fingerprint density at radius 1 is 1.22 bits per heavy atom. The maximum absolute atomic E-state index is 5.54. The molecule has 0 fully saturated rings. The molecule has 0 radical (unpaired) electrons. The Bertz CT molecular complexity index is 526. The van der Waals surface area contributed by atoms with E-state index >= 15 is 0 Å². The molecule has 0 aliphatic carbocycles. The molecule has 2 N–H and O–H groups in total. The zero-order chi connectivity index (χ0) is 13.0. The minimum atomic E-state index is 0.306. The van der Waals surface area contributed by atoms with Gasteiger partial charge in [-0.25, -0.2) is 4.68 Å². The highest BCUT2D eigenvalue weighted by Gasteiger charge is 2.08. The van der Waals surface area contributed by atoms with Crippen molar-refractivity contribution in [2.75, 3.05) is 14.2 Å². The van der Waals surface area contributed by atoms with Gasteiger partial charge in [0.25, 0.3) is 0 Å². The number of benzene rings is 1. The predicted molar refractivity (Wildman–Crippen MR) is 64.4 cm³/mol. The predicted octanol–water partition coefficient (Wildman–Crippen LogP) is 0.197. The number of aromatic nitrogens is 4. The monoisotopic (exact) mass is 249 g/mol. The van der Waals surface area contributed by atoms with Crippen molar-refractivity contribution in [1.29, 1.82) is 0 Å². The van der Waals surface area contributed by atoms with Gasteiger partial charge in [-0.3, -0.25) is 0 Å². The van der Waals surface area contributed by atoms with Crippen molar-refractivity contribution in [3.05, 3.63) is 29.6 Å². The SMILES string of the molecule is COc1ccc(Cn2nnnc2CN)cc1OC. The second-order valence-corrected chi connectivity index (χ2v) is 3.65. The molecule has 18 heavy (non-hydrogen) atoms. The Balaban J connectivity index is 2.24. The molecule has 0 atom stereocenters. The van der Waals surface area contributed by atoms with E-state index in [1.54, 1.807) is 18.9 Å². The maximum atomic E-state index is 5.54. The number of ether oxygens (including phenoxy) is 2. The summed E-state index contributed by atoms with van der Waals surface area (Å²) in [7, 11) is 3.20. The van der Waals surface area contributed by atoms with E-state index in [1.807, 2.05) is 18.2 Å². The summed E-state index contributed by atoms with van der Waals surface area (Å²) in [5.74, 6) is 2.01. The van der Waals surface area contributed by atoms with Crippen LogP contribution in [0.4, 0.5) is 0 Å². The van der Waals surface area contributed by atoms with Crippen molar-refractivity contribution >= 4 is 0 Å². The lowest BCUT2D eigenvalue weighted by Crippen LogP contribution is -2.10. The molecular weight excluding hydrogens is 234 g/mol. The molecule has 7 heteroatoms. The van der Waals surface area contributed by atoms with E-state index < -0.39 is 0 Å². The summed E-state index contributed by atoms with van der Waals surface area (Å²) >= 11 is 0. The Morgan fingerprint density at radius 3 is 2.67 bits per heavy atom. The lowest BCUT2D eigenvalue weighted by Gasteiger charge is -2.09. The van der Waals surface area contributed by atoms with Gasteiger partial charge in [0.1, 0.15) is 0 Å². The van der Waals surface area contributed by atoms with Gasteiger partial charge >= 0.3 is 0 Å². The number of rotatable bonds is 5. The van der Waals surface area contributed by atoms with Gasteiger partial charge in [-0.2, -0.15) is 0 Å². The number of methoxy groups -OCH3 is 2. The third kappa shape index (κ3) is 2.40. The van der Waals surface area contributed by atoms with Crippen molar-refractivity contribution in [3.63, 3.8) is 0 Å². The molecule has 96 valence electrons. The Labute approximate surface area is 104 Å². The van der Waals surface area contributed by atoms with Gasteiger partial charge < -0.3 is 15.2 Å². The second kappa shape index (κ2) is 5.46. The summed E-state index contributed by atoms with van der Waals surface area (Å²) in [6, 6.07) is 5.67. The summed E-state index contributed by atoms with van der Waals surface area (Å²) in [5, 5.41) is 11.3. The molecular formula is C11H15N5O2. The third-order valence-electron chi connectivity index (χ3n) is 2.57. The zero-order valence-electron chi connectivity index (χ0n) is 10.3. The molecule has 0 bridgehead atoms. The second-order valence-electron chi connectivity index (χ2n) is 3.65. The fourth-order valence-corrected chi connectivity index (χ4v) is 1.64. The van der Waals surface area contributed by atoms with E-state index in [0.29, 0.717) is 30.4 Å². The van der Waals surface area contributed by atoms with Crippen molar-refractivity contribution in [2.24, 2.45) is 5.73 Å². The first-order chi connectivity index (χ1) is 8.78. The van der Waals surface area contributed by atoms with Crippen LogP contribution in [0, 0.1) is 0 Å². The van der Waals surface area contributed by atoms with Crippen LogP contribution in [0.2, 0.25) is 0 Å². The van der Waals surface area contributed by atoms with Gasteiger partial charge in [0.05, 0.1) is 27.3 Å². The number of hydrogen-bond acceptors (Lipinski definition) is 6. The van der Waals surface area contributed by atoms with E-state index in [9.17, 15) is 0 Å². The van der Waals surface area contributed by atoms with Crippen LogP contribution in [0.3, 0.4) is 0 Å². The minimum Gasteiger partial charge on any atom is -0.493 e. The van der Waals surface area contributed by atoms with Crippen LogP contribution in [-0.4, -0.2) is 34.4 Å². The zero-order valence-corrected chi connectivity index (χ0v) is 10.3. The van der Waals surface area contributed by atoms with Gasteiger partial charge in [-0.05, 0) is 28.1 Å². The van der Waals surface area contributed by atoms with E-state index in [1.165, 1.54) is 0 Å². The standard InChI is InChI=1S/C11H15N5O2/c1-17-9-4-3-8(5-10(9)18-2)7-16-11(6-12)13-14-15-16/h3-5H,6-7,12H2,1-2H3. The van der Waals surface area contributed by atoms with Crippen LogP contribution in [0.25, 0.3) is 0 Å². The first kappa shape index (κ1) is 12.3. The topological polar surface area (TPSA) is 88.1 Å². The maximum Gasteiger partial charge on any atom is 0.165 e. The van der Waals surface area contributed by atoms with Crippen molar-refractivity contribution < 1.29 is 9.47 Å². The van der Waals surface area contributed by atoms with Gasteiger partial charge in [0, 0.05) is 0 Å². The fourth-order valence-electron chi connectivity index (χ4n) is 1.64. The first-order valence-electron chi connectivity index (χ1n) is 5.44. The largest absolute Gasteiger partial charge is 0.493 e. The molecule has 0 aliphatic rings. The molecule has 2 rings (SSSR count). The molecule has 1 heterocycles. The first-order valence-corrected chi connectivity index (χ1v) is 5.44. The molecule has 0 spiro atoms. The van der Waals surface area contributed by atoms with Crippen LogP contribution in [0.15, 0.2) is 18.2 Å². The Hall–Kier alpha value is -2.15. The molecule has 0 aliphatic heterocycles. The summed E-state index contributed by atoms with van der Waals surface area (Å²) in [6.07, 6.45) is 0. The van der Waals surface area contributed by atoms with Gasteiger partial charge in [-0.1, -0.05) is 6.07 Å². The number of nitrogens with two attached hydrogens (primary N) is 1. The van der Waals surface area contributed by atoms with Crippen LogP contribution >= 0.6 is 0 Å². The molecule has 2 aromatic rings. The Morgan fingerprint density at radius 2 is 2.00 bits per heavy atom. The van der Waals surface area contributed by atoms with Crippen LogP contribution in [0.1, 0.15) is 11.4 Å². The molecule has 0 unspecified atom stereocenters. The number of nitrogens with zero attached hydrogens (tertiary/aromatic N) is 4. The molecule has 7 nitrogen and oxygen atoms in total. The van der Waals surface area contributed by atoms with E-state index in [-0.39, 0.29) is 0 Å². The quantitative estimate of drug-likeness (QED) is 0.814. The molecule has 1 aromatic heterocycles. The normalized spacial score (nSPS) is 10.4. The summed E-state index contributed by atoms with van der Waals surface area (Å²) in [6.45, 7) is 0.847. The molecule has 0 amide bonds. The molecule has 1 aromatic carbocycles. The average Bonchev–Trinajstić information content (AvgIpc) is 2.85. The smallest absolute Gasteiger partial charge is 0.165 e. The van der Waals surface area contributed by atoms with Crippen molar-refractivity contribution in [2.45, 2.75) is 13.1 Å². The van der Waals surface area contributed by atoms with Crippen molar-refractivity contribution in [3.8, 4) is 11.5 Å². The summed E-state index contributed by atoms with van der Waals surface area (Å²) in [5.41, 5.74) is 6.55. The third-order valence-corrected chi connectivity index (χ3v) is 2.57. The minimum absolute atomic E-state index is 0.306. The lowest BCUT2D eigenvalue weighted by atomic mass is 10.2. The van der Waals surface area contributed by atoms with Crippen LogP contribution in [-0.2, 0) is 13.1 Å². The number of tetrazole rings is 1. The van der Waals surface area contributed by atoms with Crippen LogP contribution in [0.5, 0.6) is 11.5 Å². The van der Waals surface area contributed by atoms with Gasteiger partial charge in [0.2, 0.25) is 0 Å². The van der Waals surface area contributed by atoms with Gasteiger partial charge in [0.15, 0.2) is 17.3 Å². The van der Waals surface area contributed by atoms with Gasteiger partial charge in [-0.15, -0.1) is 5.10 Å². The highest BCUT2D eigenvalue weighted by atomic mass is 16.5. The summed E-state index contributed by atoms with van der Waals surface area (Å²) < 4.78 is 12.1. The lowest BCUT2D eigenvalue weighted by molar-refractivity contribution is 0.354. The summed E-state index contributed by atoms with van der Waals surface area (Å²) in [4.78, 5) is 0. The highest BCUT2D eigenvalue weighted by molar-refractivity contribution is 5.42. The van der Waals surface area contributed by atoms with E-state index in [4.69, 9.17) is 15.2 Å². The van der Waals surface area contributed by atoms with Crippen molar-refractivity contribution in [1.82, 2.24) is 20.2 Å². The molecule has 0 saturated carbocycles. The van der Waals surface area contributed by atoms with E-state index in [0.717, 1.165) is 5.56 Å². The average molecular weight is 249 g/mol. The number of hydrogen-bond donors (Lipinski definition) is 1. The Kier molecular flexibility index (Phi) is 3.73. The molecule has 0 saturated heterocycles. The highest BCUT2D eigenvalue weighted by Crippen LogP contribution is 2.27.